The Morgan fingerprint density at radius 3 is 2.65 bits per heavy atom. The van der Waals surface area contributed by atoms with E-state index in [1.54, 1.807) is 17.8 Å². The predicted octanol–water partition coefficient (Wildman–Crippen LogP) is 3.95. The first-order chi connectivity index (χ1) is 14.7. The SMILES string of the molecule is Cc1cc2c(cn1)cc(-c1cc(Nc3cc(C(C)(C)CO)[nH]n3)ccc1C)c(=O)n2C. The summed E-state index contributed by atoms with van der Waals surface area (Å²) in [5.74, 6) is 0.650. The van der Waals surface area contributed by atoms with Gasteiger partial charge in [0, 0.05) is 52.8 Å². The minimum Gasteiger partial charge on any atom is -0.395 e. The molecule has 0 fully saturated rings. The highest BCUT2D eigenvalue weighted by Gasteiger charge is 2.22. The molecular formula is C24H27N5O2. The molecule has 0 bridgehead atoms. The zero-order valence-electron chi connectivity index (χ0n) is 18.4. The highest BCUT2D eigenvalue weighted by atomic mass is 16.3. The van der Waals surface area contributed by atoms with Gasteiger partial charge in [0.1, 0.15) is 0 Å². The van der Waals surface area contributed by atoms with Crippen LogP contribution in [0.4, 0.5) is 11.5 Å². The van der Waals surface area contributed by atoms with Crippen LogP contribution >= 0.6 is 0 Å². The van der Waals surface area contributed by atoms with Crippen LogP contribution in [0.15, 0.2) is 47.4 Å². The number of H-pyrrole nitrogens is 1. The quantitative estimate of drug-likeness (QED) is 0.457. The largest absolute Gasteiger partial charge is 0.395 e. The van der Waals surface area contributed by atoms with Crippen molar-refractivity contribution in [3.8, 4) is 11.1 Å². The van der Waals surface area contributed by atoms with Gasteiger partial charge in [-0.3, -0.25) is 14.9 Å². The Kier molecular flexibility index (Phi) is 5.15. The minimum absolute atomic E-state index is 0.0168. The number of nitrogens with one attached hydrogen (secondary N) is 2. The molecule has 0 saturated carbocycles. The van der Waals surface area contributed by atoms with E-state index >= 15 is 0 Å². The Labute approximate surface area is 180 Å². The zero-order valence-corrected chi connectivity index (χ0v) is 18.4. The fourth-order valence-corrected chi connectivity index (χ4v) is 3.61. The fourth-order valence-electron chi connectivity index (χ4n) is 3.61. The molecule has 3 aromatic heterocycles. The molecule has 0 aliphatic heterocycles. The Hall–Kier alpha value is -3.45. The van der Waals surface area contributed by atoms with Crippen LogP contribution in [0.2, 0.25) is 0 Å². The van der Waals surface area contributed by atoms with Gasteiger partial charge in [0.05, 0.1) is 12.1 Å². The molecule has 7 nitrogen and oxygen atoms in total. The van der Waals surface area contributed by atoms with E-state index in [0.29, 0.717) is 11.4 Å². The second-order valence-corrected chi connectivity index (χ2v) is 8.67. The lowest BCUT2D eigenvalue weighted by Gasteiger charge is -2.18. The number of aliphatic hydroxyl groups excluding tert-OH is 1. The summed E-state index contributed by atoms with van der Waals surface area (Å²) >= 11 is 0. The third kappa shape index (κ3) is 3.84. The molecule has 0 spiro atoms. The molecule has 7 heteroatoms. The van der Waals surface area contributed by atoms with Crippen molar-refractivity contribution in [1.29, 1.82) is 0 Å². The van der Waals surface area contributed by atoms with Crippen LogP contribution in [0.1, 0.15) is 30.8 Å². The topological polar surface area (TPSA) is 95.8 Å². The second kappa shape index (κ2) is 7.67. The lowest BCUT2D eigenvalue weighted by molar-refractivity contribution is 0.215. The fraction of sp³-hybridized carbons (Fsp3) is 0.292. The lowest BCUT2D eigenvalue weighted by Crippen LogP contribution is -2.22. The zero-order chi connectivity index (χ0) is 22.3. The molecule has 4 rings (SSSR count). The molecule has 160 valence electrons. The molecule has 0 atom stereocenters. The number of aryl methyl sites for hydroxylation is 3. The normalized spacial score (nSPS) is 11.8. The number of aromatic amines is 1. The first-order valence-electron chi connectivity index (χ1n) is 10.2. The van der Waals surface area contributed by atoms with E-state index in [4.69, 9.17) is 0 Å². The van der Waals surface area contributed by atoms with E-state index < -0.39 is 5.41 Å². The van der Waals surface area contributed by atoms with Gasteiger partial charge in [-0.25, -0.2) is 0 Å². The second-order valence-electron chi connectivity index (χ2n) is 8.67. The third-order valence-electron chi connectivity index (χ3n) is 5.75. The maximum Gasteiger partial charge on any atom is 0.258 e. The maximum atomic E-state index is 13.1. The monoisotopic (exact) mass is 417 g/mol. The van der Waals surface area contributed by atoms with Gasteiger partial charge in [-0.2, -0.15) is 5.10 Å². The van der Waals surface area contributed by atoms with E-state index in [1.807, 2.05) is 64.1 Å². The standard InChI is InChI=1S/C24H27N5O2/c1-14-6-7-17(26-22-11-21(27-28-22)24(3,4)13-30)10-18(14)19-9-16-12-25-15(2)8-20(16)29(5)23(19)31/h6-12,30H,13H2,1-5H3,(H2,26,27,28). The molecule has 4 aromatic rings. The first kappa shape index (κ1) is 20.8. The lowest BCUT2D eigenvalue weighted by atomic mass is 9.91. The Morgan fingerprint density at radius 1 is 1.13 bits per heavy atom. The van der Waals surface area contributed by atoms with Gasteiger partial charge in [-0.05, 0) is 49.2 Å². The van der Waals surface area contributed by atoms with Crippen LogP contribution < -0.4 is 10.9 Å². The molecule has 1 aromatic carbocycles. The number of rotatable bonds is 5. The maximum absolute atomic E-state index is 13.1. The van der Waals surface area contributed by atoms with E-state index in [-0.39, 0.29) is 12.2 Å². The van der Waals surface area contributed by atoms with Crippen LogP contribution in [-0.4, -0.2) is 31.5 Å². The highest BCUT2D eigenvalue weighted by Crippen LogP contribution is 2.29. The molecule has 0 aliphatic rings. The summed E-state index contributed by atoms with van der Waals surface area (Å²) in [6, 6.07) is 11.6. The van der Waals surface area contributed by atoms with Crippen molar-refractivity contribution in [1.82, 2.24) is 19.7 Å². The number of nitrogens with zero attached hydrogens (tertiary/aromatic N) is 3. The van der Waals surface area contributed by atoms with Gasteiger partial charge in [0.15, 0.2) is 5.82 Å². The molecule has 0 saturated heterocycles. The average molecular weight is 418 g/mol. The molecule has 0 aliphatic carbocycles. The molecular weight excluding hydrogens is 390 g/mol. The Balaban J connectivity index is 1.75. The molecule has 3 heterocycles. The molecule has 3 N–H and O–H groups in total. The van der Waals surface area contributed by atoms with E-state index in [1.165, 1.54) is 0 Å². The van der Waals surface area contributed by atoms with Gasteiger partial charge >= 0.3 is 0 Å². The number of anilines is 2. The number of benzene rings is 1. The molecule has 0 amide bonds. The van der Waals surface area contributed by atoms with E-state index in [9.17, 15) is 9.90 Å². The third-order valence-corrected chi connectivity index (χ3v) is 5.75. The van der Waals surface area contributed by atoms with Crippen molar-refractivity contribution in [2.24, 2.45) is 7.05 Å². The van der Waals surface area contributed by atoms with Crippen molar-refractivity contribution in [2.45, 2.75) is 33.1 Å². The van der Waals surface area contributed by atoms with Gasteiger partial charge in [-0.1, -0.05) is 19.9 Å². The Bertz CT molecular complexity index is 1330. The van der Waals surface area contributed by atoms with Gasteiger partial charge in [0.25, 0.3) is 5.56 Å². The van der Waals surface area contributed by atoms with Crippen molar-refractivity contribution >= 4 is 22.4 Å². The Morgan fingerprint density at radius 2 is 1.90 bits per heavy atom. The van der Waals surface area contributed by atoms with Crippen molar-refractivity contribution in [2.75, 3.05) is 11.9 Å². The summed E-state index contributed by atoms with van der Waals surface area (Å²) in [6.07, 6.45) is 1.80. The average Bonchev–Trinajstić information content (AvgIpc) is 3.22. The number of aromatic nitrogens is 4. The van der Waals surface area contributed by atoms with Crippen LogP contribution in [0, 0.1) is 13.8 Å². The van der Waals surface area contributed by atoms with Crippen molar-refractivity contribution in [3.05, 3.63) is 69.9 Å². The summed E-state index contributed by atoms with van der Waals surface area (Å²) in [5.41, 5.74) is 5.45. The van der Waals surface area contributed by atoms with Crippen LogP contribution in [0.25, 0.3) is 22.0 Å². The summed E-state index contributed by atoms with van der Waals surface area (Å²) in [5, 5.41) is 21.1. The van der Waals surface area contributed by atoms with E-state index in [0.717, 1.165) is 39.1 Å². The van der Waals surface area contributed by atoms with Gasteiger partial charge in [0.2, 0.25) is 0 Å². The van der Waals surface area contributed by atoms with Crippen LogP contribution in [0.3, 0.4) is 0 Å². The van der Waals surface area contributed by atoms with Crippen LogP contribution in [0.5, 0.6) is 0 Å². The summed E-state index contributed by atoms with van der Waals surface area (Å²) in [7, 11) is 1.79. The molecule has 0 unspecified atom stereocenters. The van der Waals surface area contributed by atoms with Crippen LogP contribution in [-0.2, 0) is 12.5 Å². The summed E-state index contributed by atoms with van der Waals surface area (Å²) in [6.45, 7) is 7.81. The number of hydrogen-bond donors (Lipinski definition) is 3. The highest BCUT2D eigenvalue weighted by molar-refractivity contribution is 5.85. The van der Waals surface area contributed by atoms with Gasteiger partial charge < -0.3 is 15.0 Å². The van der Waals surface area contributed by atoms with E-state index in [2.05, 4.69) is 20.5 Å². The summed E-state index contributed by atoms with van der Waals surface area (Å²) in [4.78, 5) is 17.5. The number of aliphatic hydroxyl groups is 1. The molecule has 0 radical (unpaired) electrons. The smallest absolute Gasteiger partial charge is 0.258 e. The molecule has 31 heavy (non-hydrogen) atoms. The van der Waals surface area contributed by atoms with Crippen molar-refractivity contribution < 1.29 is 5.11 Å². The number of pyridine rings is 2. The van der Waals surface area contributed by atoms with Crippen molar-refractivity contribution in [3.63, 3.8) is 0 Å². The first-order valence-corrected chi connectivity index (χ1v) is 10.2. The number of fused-ring (bicyclic) bond motifs is 1. The summed E-state index contributed by atoms with van der Waals surface area (Å²) < 4.78 is 1.68. The van der Waals surface area contributed by atoms with Gasteiger partial charge in [-0.15, -0.1) is 0 Å². The predicted molar refractivity (Wildman–Crippen MR) is 124 cm³/mol. The minimum atomic E-state index is -0.408. The number of hydrogen-bond acceptors (Lipinski definition) is 5.